The summed E-state index contributed by atoms with van der Waals surface area (Å²) in [5.41, 5.74) is 1.93. The maximum atomic E-state index is 12.5. The van der Waals surface area contributed by atoms with E-state index < -0.39 is 17.9 Å². The third-order valence-electron chi connectivity index (χ3n) is 4.35. The molecule has 2 aromatic carbocycles. The van der Waals surface area contributed by atoms with E-state index >= 15 is 0 Å². The van der Waals surface area contributed by atoms with Crippen molar-refractivity contribution in [2.24, 2.45) is 5.92 Å². The molecule has 0 saturated carbocycles. The standard InChI is InChI=1S/C23H25N3O3/c1-17(2)21(23(28)29)25-22(27)20(13-24)16-26(14-18-9-5-3-6-10-18)15-19-11-7-4-8-12-19/h3-12,16-17,21H,14-15H2,1-2H3,(H,25,27)(H,28,29)/b20-16-. The number of carbonyl (C=O) groups excluding carboxylic acids is 1. The lowest BCUT2D eigenvalue weighted by atomic mass is 10.0. The SMILES string of the molecule is CC(C)C(NC(=O)/C(C#N)=C\N(Cc1ccccc1)Cc1ccccc1)C(=O)O. The maximum Gasteiger partial charge on any atom is 0.326 e. The van der Waals surface area contributed by atoms with Crippen molar-refractivity contribution in [1.82, 2.24) is 10.2 Å². The van der Waals surface area contributed by atoms with Gasteiger partial charge in [-0.3, -0.25) is 4.79 Å². The molecule has 150 valence electrons. The van der Waals surface area contributed by atoms with Crippen molar-refractivity contribution in [1.29, 1.82) is 5.26 Å². The summed E-state index contributed by atoms with van der Waals surface area (Å²) in [5, 5.41) is 21.2. The average molecular weight is 391 g/mol. The Morgan fingerprint density at radius 3 is 1.90 bits per heavy atom. The second kappa shape index (κ2) is 10.7. The quantitative estimate of drug-likeness (QED) is 0.505. The van der Waals surface area contributed by atoms with Crippen LogP contribution in [0.1, 0.15) is 25.0 Å². The smallest absolute Gasteiger partial charge is 0.326 e. The number of amides is 1. The van der Waals surface area contributed by atoms with Crippen molar-refractivity contribution in [3.05, 3.63) is 83.6 Å². The van der Waals surface area contributed by atoms with Gasteiger partial charge in [-0.1, -0.05) is 74.5 Å². The monoisotopic (exact) mass is 391 g/mol. The maximum absolute atomic E-state index is 12.5. The first-order valence-electron chi connectivity index (χ1n) is 9.38. The molecule has 0 aromatic heterocycles. The largest absolute Gasteiger partial charge is 0.480 e. The minimum Gasteiger partial charge on any atom is -0.480 e. The highest BCUT2D eigenvalue weighted by Gasteiger charge is 2.25. The first-order chi connectivity index (χ1) is 13.9. The van der Waals surface area contributed by atoms with Crippen LogP contribution in [0.2, 0.25) is 0 Å². The van der Waals surface area contributed by atoms with E-state index in [9.17, 15) is 20.0 Å². The molecule has 6 heteroatoms. The number of rotatable bonds is 9. The molecule has 2 rings (SSSR count). The van der Waals surface area contributed by atoms with Gasteiger partial charge in [0.05, 0.1) is 0 Å². The van der Waals surface area contributed by atoms with Crippen molar-refractivity contribution in [2.75, 3.05) is 0 Å². The van der Waals surface area contributed by atoms with Crippen molar-refractivity contribution in [3.63, 3.8) is 0 Å². The normalized spacial score (nSPS) is 12.1. The summed E-state index contributed by atoms with van der Waals surface area (Å²) < 4.78 is 0. The van der Waals surface area contributed by atoms with E-state index in [1.165, 1.54) is 6.20 Å². The van der Waals surface area contributed by atoms with Crippen molar-refractivity contribution in [3.8, 4) is 6.07 Å². The highest BCUT2D eigenvalue weighted by Crippen LogP contribution is 2.13. The Hall–Kier alpha value is -3.59. The third kappa shape index (κ3) is 6.82. The van der Waals surface area contributed by atoms with Crippen LogP contribution >= 0.6 is 0 Å². The van der Waals surface area contributed by atoms with E-state index in [-0.39, 0.29) is 11.5 Å². The highest BCUT2D eigenvalue weighted by atomic mass is 16.4. The molecule has 0 fully saturated rings. The fourth-order valence-electron chi connectivity index (χ4n) is 2.84. The van der Waals surface area contributed by atoms with Crippen LogP contribution in [-0.2, 0) is 22.7 Å². The van der Waals surface area contributed by atoms with E-state index in [0.29, 0.717) is 13.1 Å². The molecule has 0 aliphatic heterocycles. The molecule has 0 aliphatic carbocycles. The predicted molar refractivity (Wildman–Crippen MR) is 110 cm³/mol. The number of carboxylic acids is 1. The van der Waals surface area contributed by atoms with Crippen LogP contribution in [0.4, 0.5) is 0 Å². The molecule has 0 radical (unpaired) electrons. The van der Waals surface area contributed by atoms with Gasteiger partial charge in [0.2, 0.25) is 0 Å². The molecule has 1 atom stereocenters. The fraction of sp³-hybridized carbons (Fsp3) is 0.261. The third-order valence-corrected chi connectivity index (χ3v) is 4.35. The molecule has 0 saturated heterocycles. The van der Waals surface area contributed by atoms with Gasteiger partial charge < -0.3 is 15.3 Å². The van der Waals surface area contributed by atoms with Gasteiger partial charge in [-0.05, 0) is 17.0 Å². The lowest BCUT2D eigenvalue weighted by molar-refractivity contribution is -0.142. The fourth-order valence-corrected chi connectivity index (χ4v) is 2.84. The number of nitrogens with one attached hydrogen (secondary N) is 1. The molecule has 2 aromatic rings. The van der Waals surface area contributed by atoms with Gasteiger partial charge >= 0.3 is 5.97 Å². The van der Waals surface area contributed by atoms with E-state index in [1.54, 1.807) is 13.8 Å². The number of carboxylic acid groups (broad SMARTS) is 1. The van der Waals surface area contributed by atoms with Crippen LogP contribution in [0.25, 0.3) is 0 Å². The lowest BCUT2D eigenvalue weighted by Crippen LogP contribution is -2.45. The Kier molecular flexibility index (Phi) is 7.99. The Morgan fingerprint density at radius 2 is 1.52 bits per heavy atom. The summed E-state index contributed by atoms with van der Waals surface area (Å²) in [6.45, 7) is 4.40. The molecule has 1 amide bonds. The Morgan fingerprint density at radius 1 is 1.03 bits per heavy atom. The van der Waals surface area contributed by atoms with E-state index in [2.05, 4.69) is 5.32 Å². The summed E-state index contributed by atoms with van der Waals surface area (Å²) in [7, 11) is 0. The van der Waals surface area contributed by atoms with Crippen LogP contribution in [0.3, 0.4) is 0 Å². The van der Waals surface area contributed by atoms with Gasteiger partial charge in [-0.2, -0.15) is 5.26 Å². The molecule has 1 unspecified atom stereocenters. The molecule has 0 heterocycles. The molecule has 2 N–H and O–H groups in total. The van der Waals surface area contributed by atoms with Gasteiger partial charge in [0.1, 0.15) is 17.7 Å². The second-order valence-corrected chi connectivity index (χ2v) is 7.06. The van der Waals surface area contributed by atoms with Gasteiger partial charge in [0.25, 0.3) is 5.91 Å². The number of hydrogen-bond donors (Lipinski definition) is 2. The molecule has 6 nitrogen and oxygen atoms in total. The van der Waals surface area contributed by atoms with Crippen molar-refractivity contribution < 1.29 is 14.7 Å². The van der Waals surface area contributed by atoms with Crippen molar-refractivity contribution >= 4 is 11.9 Å². The zero-order valence-electron chi connectivity index (χ0n) is 16.6. The first kappa shape index (κ1) is 21.7. The molecule has 0 bridgehead atoms. The molecule has 0 spiro atoms. The number of hydrogen-bond acceptors (Lipinski definition) is 4. The number of benzene rings is 2. The molecule has 0 aliphatic rings. The summed E-state index contributed by atoms with van der Waals surface area (Å²) in [5.74, 6) is -2.13. The topological polar surface area (TPSA) is 93.4 Å². The summed E-state index contributed by atoms with van der Waals surface area (Å²) in [6.07, 6.45) is 1.49. The zero-order chi connectivity index (χ0) is 21.2. The van der Waals surface area contributed by atoms with Crippen molar-refractivity contribution in [2.45, 2.75) is 33.0 Å². The number of nitriles is 1. The Bertz CT molecular complexity index is 845. The van der Waals surface area contributed by atoms with Crippen LogP contribution in [0.15, 0.2) is 72.4 Å². The minimum absolute atomic E-state index is 0.135. The second-order valence-electron chi connectivity index (χ2n) is 7.06. The minimum atomic E-state index is -1.13. The Labute approximate surface area is 171 Å². The molecular formula is C23H25N3O3. The van der Waals surface area contributed by atoms with E-state index in [0.717, 1.165) is 11.1 Å². The molecular weight excluding hydrogens is 366 g/mol. The summed E-state index contributed by atoms with van der Waals surface area (Å²) in [4.78, 5) is 25.8. The lowest BCUT2D eigenvalue weighted by Gasteiger charge is -2.22. The van der Waals surface area contributed by atoms with Crippen LogP contribution in [-0.4, -0.2) is 27.9 Å². The molecule has 29 heavy (non-hydrogen) atoms. The first-order valence-corrected chi connectivity index (χ1v) is 9.38. The van der Waals surface area contributed by atoms with Gasteiger partial charge in [-0.25, -0.2) is 4.79 Å². The van der Waals surface area contributed by atoms with Gasteiger partial charge in [0, 0.05) is 19.3 Å². The van der Waals surface area contributed by atoms with E-state index in [4.69, 9.17) is 0 Å². The Balaban J connectivity index is 2.26. The predicted octanol–water partition coefficient (Wildman–Crippen LogP) is 3.32. The summed E-state index contributed by atoms with van der Waals surface area (Å²) in [6, 6.07) is 20.3. The number of carbonyl (C=O) groups is 2. The number of nitrogens with zero attached hydrogens (tertiary/aromatic N) is 2. The average Bonchev–Trinajstić information content (AvgIpc) is 2.71. The van der Waals surface area contributed by atoms with Gasteiger partial charge in [-0.15, -0.1) is 0 Å². The van der Waals surface area contributed by atoms with Crippen LogP contribution in [0, 0.1) is 17.2 Å². The number of aliphatic carboxylic acids is 1. The van der Waals surface area contributed by atoms with E-state index in [1.807, 2.05) is 71.6 Å². The van der Waals surface area contributed by atoms with Crippen LogP contribution < -0.4 is 5.32 Å². The summed E-state index contributed by atoms with van der Waals surface area (Å²) >= 11 is 0. The zero-order valence-corrected chi connectivity index (χ0v) is 16.6. The van der Waals surface area contributed by atoms with Crippen LogP contribution in [0.5, 0.6) is 0 Å². The van der Waals surface area contributed by atoms with Gasteiger partial charge in [0.15, 0.2) is 0 Å². The highest BCUT2D eigenvalue weighted by molar-refractivity contribution is 5.99.